The number of nitrogens with two attached hydrogens (primary N) is 1. The molecule has 0 aliphatic rings. The molecule has 2 nitrogen and oxygen atoms in total. The second-order valence-corrected chi connectivity index (χ2v) is 5.94. The first-order chi connectivity index (χ1) is 9.61. The number of halogens is 2. The minimum Gasteiger partial charge on any atom is -0.494 e. The molecule has 106 valence electrons. The average Bonchev–Trinajstić information content (AvgIpc) is 2.44. The van der Waals surface area contributed by atoms with Crippen LogP contribution in [0.1, 0.15) is 12.5 Å². The molecule has 0 aromatic heterocycles. The molecule has 0 saturated carbocycles. The summed E-state index contributed by atoms with van der Waals surface area (Å²) in [6.07, 6.45) is 0. The van der Waals surface area contributed by atoms with Crippen LogP contribution >= 0.6 is 35.0 Å². The molecular formula is C15H15Cl2NOS. The third-order valence-electron chi connectivity index (χ3n) is 2.71. The van der Waals surface area contributed by atoms with Crippen molar-refractivity contribution in [2.45, 2.75) is 17.6 Å². The number of nitrogen functional groups attached to an aromatic ring is 1. The molecule has 2 rings (SSSR count). The Kier molecular flexibility index (Phi) is 5.46. The van der Waals surface area contributed by atoms with E-state index in [0.29, 0.717) is 22.4 Å². The van der Waals surface area contributed by atoms with Crippen molar-refractivity contribution >= 4 is 40.7 Å². The number of ether oxygens (including phenoxy) is 1. The maximum absolute atomic E-state index is 6.18. The summed E-state index contributed by atoms with van der Waals surface area (Å²) in [5.41, 5.74) is 7.71. The van der Waals surface area contributed by atoms with E-state index in [1.165, 1.54) is 0 Å². The van der Waals surface area contributed by atoms with Gasteiger partial charge >= 0.3 is 0 Å². The number of thioether (sulfide) groups is 1. The van der Waals surface area contributed by atoms with Crippen LogP contribution in [-0.2, 0) is 5.75 Å². The van der Waals surface area contributed by atoms with Crippen LogP contribution in [0.15, 0.2) is 41.3 Å². The Morgan fingerprint density at radius 1 is 1.20 bits per heavy atom. The Labute approximate surface area is 133 Å². The normalized spacial score (nSPS) is 10.6. The SMILES string of the molecule is CCOc1ccc(N)c(SCc2cccc(Cl)c2Cl)c1. The fraction of sp³-hybridized carbons (Fsp3) is 0.200. The van der Waals surface area contributed by atoms with Gasteiger partial charge < -0.3 is 10.5 Å². The van der Waals surface area contributed by atoms with Gasteiger partial charge in [0.05, 0.1) is 16.7 Å². The molecule has 0 amide bonds. The zero-order chi connectivity index (χ0) is 14.5. The summed E-state index contributed by atoms with van der Waals surface area (Å²) in [7, 11) is 0. The van der Waals surface area contributed by atoms with Gasteiger partial charge in [-0.15, -0.1) is 11.8 Å². The van der Waals surface area contributed by atoms with E-state index in [2.05, 4.69) is 0 Å². The Morgan fingerprint density at radius 3 is 2.75 bits per heavy atom. The van der Waals surface area contributed by atoms with E-state index < -0.39 is 0 Å². The molecule has 2 aromatic rings. The van der Waals surface area contributed by atoms with Crippen LogP contribution in [0.2, 0.25) is 10.0 Å². The Bertz CT molecular complexity index is 604. The number of hydrogen-bond acceptors (Lipinski definition) is 3. The van der Waals surface area contributed by atoms with Crippen LogP contribution in [-0.4, -0.2) is 6.61 Å². The van der Waals surface area contributed by atoms with Gasteiger partial charge in [0, 0.05) is 16.3 Å². The molecule has 0 fully saturated rings. The highest BCUT2D eigenvalue weighted by molar-refractivity contribution is 7.98. The molecule has 5 heteroatoms. The first kappa shape index (κ1) is 15.4. The van der Waals surface area contributed by atoms with Crippen molar-refractivity contribution in [3.8, 4) is 5.75 Å². The smallest absolute Gasteiger partial charge is 0.120 e. The van der Waals surface area contributed by atoms with Crippen LogP contribution in [0, 0.1) is 0 Å². The first-order valence-electron chi connectivity index (χ1n) is 6.19. The van der Waals surface area contributed by atoms with Crippen LogP contribution < -0.4 is 10.5 Å². The number of anilines is 1. The zero-order valence-corrected chi connectivity index (χ0v) is 13.4. The molecule has 0 unspecified atom stereocenters. The third-order valence-corrected chi connectivity index (χ3v) is 4.69. The van der Waals surface area contributed by atoms with E-state index in [1.807, 2.05) is 37.3 Å². The largest absolute Gasteiger partial charge is 0.494 e. The van der Waals surface area contributed by atoms with Crippen LogP contribution in [0.4, 0.5) is 5.69 Å². The standard InChI is InChI=1S/C15H15Cl2NOS/c1-2-19-11-6-7-13(18)14(8-11)20-9-10-4-3-5-12(16)15(10)17/h3-8H,2,9,18H2,1H3. The number of hydrogen-bond donors (Lipinski definition) is 1. The van der Waals surface area contributed by atoms with E-state index in [9.17, 15) is 0 Å². The van der Waals surface area contributed by atoms with E-state index in [4.69, 9.17) is 33.7 Å². The highest BCUT2D eigenvalue weighted by Crippen LogP contribution is 2.34. The van der Waals surface area contributed by atoms with Gasteiger partial charge in [-0.1, -0.05) is 35.3 Å². The predicted octanol–water partition coefficient (Wildman–Crippen LogP) is 5.27. The Morgan fingerprint density at radius 2 is 2.00 bits per heavy atom. The summed E-state index contributed by atoms with van der Waals surface area (Å²) in [6.45, 7) is 2.59. The number of benzene rings is 2. The molecule has 0 saturated heterocycles. The van der Waals surface area contributed by atoms with Gasteiger partial charge in [0.25, 0.3) is 0 Å². The predicted molar refractivity (Wildman–Crippen MR) is 88.0 cm³/mol. The van der Waals surface area contributed by atoms with Gasteiger partial charge in [-0.2, -0.15) is 0 Å². The maximum Gasteiger partial charge on any atom is 0.120 e. The van der Waals surface area contributed by atoms with Gasteiger partial charge in [-0.05, 0) is 36.8 Å². The van der Waals surface area contributed by atoms with E-state index >= 15 is 0 Å². The van der Waals surface area contributed by atoms with Gasteiger partial charge in [-0.3, -0.25) is 0 Å². The third kappa shape index (κ3) is 3.75. The minimum atomic E-state index is 0.570. The van der Waals surface area contributed by atoms with Gasteiger partial charge in [-0.25, -0.2) is 0 Å². The van der Waals surface area contributed by atoms with Crippen molar-refractivity contribution < 1.29 is 4.74 Å². The highest BCUT2D eigenvalue weighted by Gasteiger charge is 2.07. The lowest BCUT2D eigenvalue weighted by Gasteiger charge is -2.10. The summed E-state index contributed by atoms with van der Waals surface area (Å²) in [6, 6.07) is 11.3. The summed E-state index contributed by atoms with van der Waals surface area (Å²) in [5, 5.41) is 1.17. The second-order valence-electron chi connectivity index (χ2n) is 4.13. The monoisotopic (exact) mass is 327 g/mol. The van der Waals surface area contributed by atoms with Gasteiger partial charge in [0.1, 0.15) is 5.75 Å². The summed E-state index contributed by atoms with van der Waals surface area (Å²) >= 11 is 13.8. The molecule has 0 heterocycles. The molecule has 0 spiro atoms. The Balaban J connectivity index is 2.14. The van der Waals surface area contributed by atoms with Crippen molar-refractivity contribution in [2.24, 2.45) is 0 Å². The fourth-order valence-electron chi connectivity index (χ4n) is 1.71. The second kappa shape index (κ2) is 7.11. The quantitative estimate of drug-likeness (QED) is 0.600. The molecule has 0 radical (unpaired) electrons. The fourth-order valence-corrected chi connectivity index (χ4v) is 3.16. The molecule has 20 heavy (non-hydrogen) atoms. The van der Waals surface area contributed by atoms with Crippen molar-refractivity contribution in [1.82, 2.24) is 0 Å². The van der Waals surface area contributed by atoms with Gasteiger partial charge in [0.2, 0.25) is 0 Å². The summed E-state index contributed by atoms with van der Waals surface area (Å²) in [5.74, 6) is 1.53. The maximum atomic E-state index is 6.18. The van der Waals surface area contributed by atoms with E-state index in [1.54, 1.807) is 17.8 Å². The van der Waals surface area contributed by atoms with E-state index in [-0.39, 0.29) is 0 Å². The summed E-state index contributed by atoms with van der Waals surface area (Å²) < 4.78 is 5.48. The van der Waals surface area contributed by atoms with Gasteiger partial charge in [0.15, 0.2) is 0 Å². The van der Waals surface area contributed by atoms with Crippen LogP contribution in [0.5, 0.6) is 5.75 Å². The first-order valence-corrected chi connectivity index (χ1v) is 7.94. The van der Waals surface area contributed by atoms with Crippen molar-refractivity contribution in [2.75, 3.05) is 12.3 Å². The van der Waals surface area contributed by atoms with Crippen molar-refractivity contribution in [3.05, 3.63) is 52.0 Å². The molecular weight excluding hydrogens is 313 g/mol. The van der Waals surface area contributed by atoms with Crippen molar-refractivity contribution in [1.29, 1.82) is 0 Å². The minimum absolute atomic E-state index is 0.570. The van der Waals surface area contributed by atoms with Crippen LogP contribution in [0.25, 0.3) is 0 Å². The lowest BCUT2D eigenvalue weighted by molar-refractivity contribution is 0.339. The molecule has 0 atom stereocenters. The van der Waals surface area contributed by atoms with Crippen LogP contribution in [0.3, 0.4) is 0 Å². The zero-order valence-electron chi connectivity index (χ0n) is 11.0. The van der Waals surface area contributed by atoms with E-state index in [0.717, 1.165) is 21.9 Å². The highest BCUT2D eigenvalue weighted by atomic mass is 35.5. The number of rotatable bonds is 5. The molecule has 0 aliphatic heterocycles. The average molecular weight is 328 g/mol. The molecule has 2 aromatic carbocycles. The topological polar surface area (TPSA) is 35.2 Å². The lowest BCUT2D eigenvalue weighted by Crippen LogP contribution is -1.94. The Hall–Kier alpha value is -1.03. The molecule has 0 aliphatic carbocycles. The molecule has 0 bridgehead atoms. The summed E-state index contributed by atoms with van der Waals surface area (Å²) in [4.78, 5) is 0.979. The molecule has 2 N–H and O–H groups in total. The van der Waals surface area contributed by atoms with Crippen molar-refractivity contribution in [3.63, 3.8) is 0 Å². The lowest BCUT2D eigenvalue weighted by atomic mass is 10.2.